The molecule has 3 aromatic heterocycles. The molecule has 4 aromatic rings. The molecule has 0 saturated carbocycles. The van der Waals surface area contributed by atoms with E-state index in [9.17, 15) is 0 Å². The minimum absolute atomic E-state index is 0.381. The molecule has 1 aromatic carbocycles. The summed E-state index contributed by atoms with van der Waals surface area (Å²) in [6, 6.07) is 8.21. The van der Waals surface area contributed by atoms with Crippen LogP contribution in [0.5, 0.6) is 0 Å². The summed E-state index contributed by atoms with van der Waals surface area (Å²) in [7, 11) is 0. The van der Waals surface area contributed by atoms with Gasteiger partial charge in [-0.05, 0) is 30.2 Å². The van der Waals surface area contributed by atoms with Crippen LogP contribution in [-0.2, 0) is 6.42 Å². The van der Waals surface area contributed by atoms with Crippen molar-refractivity contribution in [3.63, 3.8) is 0 Å². The van der Waals surface area contributed by atoms with Gasteiger partial charge in [-0.3, -0.25) is 5.10 Å². The normalized spacial score (nSPS) is 12.3. The summed E-state index contributed by atoms with van der Waals surface area (Å²) in [6.07, 6.45) is 5.02. The predicted molar refractivity (Wildman–Crippen MR) is 99.4 cm³/mol. The van der Waals surface area contributed by atoms with E-state index in [-0.39, 0.29) is 0 Å². The zero-order valence-electron chi connectivity index (χ0n) is 13.9. The minimum Gasteiger partial charge on any atom is -0.294 e. The largest absolute Gasteiger partial charge is 0.294 e. The van der Waals surface area contributed by atoms with Crippen LogP contribution in [0.4, 0.5) is 0 Å². The van der Waals surface area contributed by atoms with Crippen molar-refractivity contribution in [1.29, 1.82) is 0 Å². The van der Waals surface area contributed by atoms with Crippen LogP contribution < -0.4 is 0 Å². The first kappa shape index (κ1) is 15.1. The van der Waals surface area contributed by atoms with Crippen molar-refractivity contribution in [3.05, 3.63) is 46.4 Å². The van der Waals surface area contributed by atoms with Gasteiger partial charge in [0.1, 0.15) is 5.01 Å². The van der Waals surface area contributed by atoms with Gasteiger partial charge in [0.15, 0.2) is 11.5 Å². The number of nitrogens with zero attached hydrogens (tertiary/aromatic N) is 4. The molecule has 24 heavy (non-hydrogen) atoms. The summed E-state index contributed by atoms with van der Waals surface area (Å²) in [5.74, 6) is 1.33. The molecule has 0 unspecified atom stereocenters. The zero-order chi connectivity index (χ0) is 16.7. The van der Waals surface area contributed by atoms with Crippen LogP contribution in [0.25, 0.3) is 28.0 Å². The number of fused-ring (bicyclic) bond motifs is 2. The Balaban J connectivity index is 1.80. The molecular formula is C18H19N5S. The molecule has 0 bridgehead atoms. The molecule has 0 spiro atoms. The minimum atomic E-state index is 0.381. The fraction of sp³-hybridized carbons (Fsp3) is 0.278. The second-order valence-corrected chi connectivity index (χ2v) is 7.14. The first-order chi connectivity index (χ1) is 11.7. The van der Waals surface area contributed by atoms with Crippen LogP contribution in [0.3, 0.4) is 0 Å². The number of thiazole rings is 1. The molecule has 0 amide bonds. The van der Waals surface area contributed by atoms with E-state index in [0.717, 1.165) is 34.0 Å². The molecule has 4 rings (SSSR count). The summed E-state index contributed by atoms with van der Waals surface area (Å²) >= 11 is 1.70. The number of hydrogen-bond acceptors (Lipinski definition) is 4. The van der Waals surface area contributed by atoms with E-state index >= 15 is 0 Å². The smallest absolute Gasteiger partial charge is 0.184 e. The highest BCUT2D eigenvalue weighted by molar-refractivity contribution is 7.19. The Bertz CT molecular complexity index is 1000. The molecular weight excluding hydrogens is 318 g/mol. The van der Waals surface area contributed by atoms with E-state index < -0.39 is 0 Å². The number of para-hydroxylation sites is 1. The summed E-state index contributed by atoms with van der Waals surface area (Å²) in [5.41, 5.74) is 4.19. The van der Waals surface area contributed by atoms with Gasteiger partial charge >= 0.3 is 0 Å². The molecule has 6 heteroatoms. The number of aromatic nitrogens is 5. The second kappa shape index (κ2) is 5.87. The molecule has 0 aliphatic rings. The summed E-state index contributed by atoms with van der Waals surface area (Å²) < 4.78 is 3.20. The molecule has 1 N–H and O–H groups in total. The third-order valence-corrected chi connectivity index (χ3v) is 5.09. The van der Waals surface area contributed by atoms with E-state index in [1.165, 1.54) is 10.4 Å². The topological polar surface area (TPSA) is 58.9 Å². The average Bonchev–Trinajstić information content (AvgIpc) is 3.25. The number of rotatable bonds is 4. The van der Waals surface area contributed by atoms with Gasteiger partial charge in [-0.1, -0.05) is 32.9 Å². The van der Waals surface area contributed by atoms with Gasteiger partial charge in [0.05, 0.1) is 10.2 Å². The van der Waals surface area contributed by atoms with Crippen molar-refractivity contribution in [1.82, 2.24) is 24.8 Å². The third kappa shape index (κ3) is 2.43. The monoisotopic (exact) mass is 337 g/mol. The van der Waals surface area contributed by atoms with Crippen LogP contribution in [0, 0.1) is 0 Å². The number of hydrogen-bond donors (Lipinski definition) is 1. The molecule has 0 atom stereocenters. The summed E-state index contributed by atoms with van der Waals surface area (Å²) in [6.45, 7) is 6.45. The van der Waals surface area contributed by atoms with Crippen LogP contribution in [0.1, 0.15) is 48.8 Å². The number of aromatic amines is 1. The molecule has 3 heterocycles. The van der Waals surface area contributed by atoms with Gasteiger partial charge in [-0.2, -0.15) is 0 Å². The fourth-order valence-corrected chi connectivity index (χ4v) is 3.73. The van der Waals surface area contributed by atoms with Gasteiger partial charge in [0.25, 0.3) is 0 Å². The molecule has 0 aliphatic heterocycles. The SMILES string of the molecule is CCc1nnc2c(C=Cc3nc4ccccc4s3)c(C(C)C)[nH]n12. The fourth-order valence-electron chi connectivity index (χ4n) is 2.86. The van der Waals surface area contributed by atoms with E-state index in [4.69, 9.17) is 0 Å². The van der Waals surface area contributed by atoms with Crippen LogP contribution in [0.2, 0.25) is 0 Å². The molecule has 5 nitrogen and oxygen atoms in total. The van der Waals surface area contributed by atoms with E-state index in [0.29, 0.717) is 5.92 Å². The van der Waals surface area contributed by atoms with Gasteiger partial charge < -0.3 is 0 Å². The lowest BCUT2D eigenvalue weighted by Crippen LogP contribution is -1.96. The van der Waals surface area contributed by atoms with Gasteiger partial charge in [0, 0.05) is 17.7 Å². The van der Waals surface area contributed by atoms with Crippen molar-refractivity contribution in [2.24, 2.45) is 0 Å². The van der Waals surface area contributed by atoms with Gasteiger partial charge in [0.2, 0.25) is 0 Å². The van der Waals surface area contributed by atoms with E-state index in [1.54, 1.807) is 11.3 Å². The molecule has 122 valence electrons. The molecule has 0 aliphatic carbocycles. The Morgan fingerprint density at radius 2 is 2.04 bits per heavy atom. The second-order valence-electron chi connectivity index (χ2n) is 6.08. The predicted octanol–water partition coefficient (Wildman–Crippen LogP) is 4.52. The maximum Gasteiger partial charge on any atom is 0.184 e. The van der Waals surface area contributed by atoms with Crippen molar-refractivity contribution >= 4 is 39.4 Å². The van der Waals surface area contributed by atoms with Crippen molar-refractivity contribution < 1.29 is 0 Å². The lowest BCUT2D eigenvalue weighted by atomic mass is 10.1. The van der Waals surface area contributed by atoms with E-state index in [2.05, 4.69) is 59.3 Å². The number of nitrogens with one attached hydrogen (secondary N) is 1. The lowest BCUT2D eigenvalue weighted by molar-refractivity contribution is 0.758. The van der Waals surface area contributed by atoms with Crippen molar-refractivity contribution in [2.75, 3.05) is 0 Å². The van der Waals surface area contributed by atoms with Crippen molar-refractivity contribution in [2.45, 2.75) is 33.1 Å². The summed E-state index contributed by atoms with van der Waals surface area (Å²) in [4.78, 5) is 4.67. The first-order valence-electron chi connectivity index (χ1n) is 8.17. The Kier molecular flexibility index (Phi) is 3.69. The average molecular weight is 337 g/mol. The van der Waals surface area contributed by atoms with Gasteiger partial charge in [-0.25, -0.2) is 9.50 Å². The summed E-state index contributed by atoms with van der Waals surface area (Å²) in [5, 5.41) is 13.1. The molecule has 0 radical (unpaired) electrons. The number of H-pyrrole nitrogens is 1. The highest BCUT2D eigenvalue weighted by Crippen LogP contribution is 2.27. The van der Waals surface area contributed by atoms with Crippen LogP contribution in [-0.4, -0.2) is 24.8 Å². The third-order valence-electron chi connectivity index (χ3n) is 4.09. The highest BCUT2D eigenvalue weighted by atomic mass is 32.1. The Morgan fingerprint density at radius 3 is 2.79 bits per heavy atom. The standard InChI is InChI=1S/C18H19N5S/c1-4-15-20-21-18-12(17(11(2)3)22-23(15)18)9-10-16-19-13-7-5-6-8-14(13)24-16/h5-11,22H,4H2,1-3H3. The Hall–Kier alpha value is -2.47. The lowest BCUT2D eigenvalue weighted by Gasteiger charge is -2.02. The number of aryl methyl sites for hydroxylation is 1. The van der Waals surface area contributed by atoms with Crippen molar-refractivity contribution in [3.8, 4) is 0 Å². The quantitative estimate of drug-likeness (QED) is 0.595. The molecule has 0 saturated heterocycles. The highest BCUT2D eigenvalue weighted by Gasteiger charge is 2.16. The Morgan fingerprint density at radius 1 is 1.21 bits per heavy atom. The maximum absolute atomic E-state index is 4.67. The van der Waals surface area contributed by atoms with Gasteiger partial charge in [-0.15, -0.1) is 21.5 Å². The Labute approximate surface area is 144 Å². The number of benzene rings is 1. The maximum atomic E-state index is 4.67. The zero-order valence-corrected chi connectivity index (χ0v) is 14.8. The molecule has 0 fully saturated rings. The van der Waals surface area contributed by atoms with E-state index in [1.807, 2.05) is 22.7 Å². The first-order valence-corrected chi connectivity index (χ1v) is 8.98. The van der Waals surface area contributed by atoms with Crippen LogP contribution in [0.15, 0.2) is 24.3 Å². The van der Waals surface area contributed by atoms with Crippen LogP contribution >= 0.6 is 11.3 Å².